The largest absolute Gasteiger partial charge is 0.354 e. The van der Waals surface area contributed by atoms with E-state index in [4.69, 9.17) is 11.6 Å². The molecule has 1 heterocycles. The van der Waals surface area contributed by atoms with Crippen LogP contribution in [0.25, 0.3) is 0 Å². The number of hydrogen-bond donors (Lipinski definition) is 2. The number of nitrogens with one attached hydrogen (secondary N) is 2. The minimum absolute atomic E-state index is 0.000989. The molecule has 7 nitrogen and oxygen atoms in total. The molecule has 1 saturated heterocycles. The summed E-state index contributed by atoms with van der Waals surface area (Å²) in [6.45, 7) is 4.73. The number of nitrogens with zero attached hydrogens (tertiary/aromatic N) is 1. The average molecular weight is 402 g/mol. The first-order chi connectivity index (χ1) is 12.3. The van der Waals surface area contributed by atoms with Crippen molar-refractivity contribution in [1.29, 1.82) is 0 Å². The molecule has 0 aliphatic carbocycles. The van der Waals surface area contributed by atoms with Gasteiger partial charge in [0.1, 0.15) is 6.04 Å². The molecule has 0 bridgehead atoms. The minimum Gasteiger partial charge on any atom is -0.354 e. The van der Waals surface area contributed by atoms with Crippen LogP contribution in [0.1, 0.15) is 43.5 Å². The second kappa shape index (κ2) is 8.83. The highest BCUT2D eigenvalue weighted by atomic mass is 35.5. The fourth-order valence-electron chi connectivity index (χ4n) is 2.86. The van der Waals surface area contributed by atoms with Crippen LogP contribution >= 0.6 is 11.6 Å². The Balaban J connectivity index is 2.29. The highest BCUT2D eigenvalue weighted by Gasteiger charge is 2.26. The predicted octanol–water partition coefficient (Wildman–Crippen LogP) is 1.77. The zero-order valence-corrected chi connectivity index (χ0v) is 16.5. The highest BCUT2D eigenvalue weighted by Crippen LogP contribution is 2.23. The first kappa shape index (κ1) is 20.7. The van der Waals surface area contributed by atoms with Crippen molar-refractivity contribution in [3.8, 4) is 0 Å². The van der Waals surface area contributed by atoms with E-state index in [-0.39, 0.29) is 21.4 Å². The van der Waals surface area contributed by atoms with Crippen LogP contribution in [0.15, 0.2) is 23.1 Å². The molecule has 9 heteroatoms. The molecule has 0 spiro atoms. The van der Waals surface area contributed by atoms with Crippen molar-refractivity contribution in [2.45, 2.75) is 44.0 Å². The first-order valence-electron chi connectivity index (χ1n) is 8.69. The Morgan fingerprint density at radius 3 is 2.65 bits per heavy atom. The summed E-state index contributed by atoms with van der Waals surface area (Å²) in [6.07, 6.45) is 2.21. The summed E-state index contributed by atoms with van der Waals surface area (Å²) in [6, 6.07) is 3.38. The Kier molecular flexibility index (Phi) is 7.02. The third kappa shape index (κ3) is 4.55. The van der Waals surface area contributed by atoms with E-state index >= 15 is 0 Å². The van der Waals surface area contributed by atoms with Gasteiger partial charge in [-0.25, -0.2) is 8.42 Å². The Bertz CT molecular complexity index is 778. The number of hydrogen-bond acceptors (Lipinski definition) is 4. The van der Waals surface area contributed by atoms with Gasteiger partial charge in [0.2, 0.25) is 15.9 Å². The van der Waals surface area contributed by atoms with E-state index in [0.29, 0.717) is 26.1 Å². The molecule has 26 heavy (non-hydrogen) atoms. The van der Waals surface area contributed by atoms with Crippen molar-refractivity contribution >= 4 is 33.4 Å². The predicted molar refractivity (Wildman–Crippen MR) is 99.7 cm³/mol. The number of halogens is 1. The number of sulfonamides is 1. The van der Waals surface area contributed by atoms with E-state index in [1.54, 1.807) is 13.8 Å². The Morgan fingerprint density at radius 1 is 1.31 bits per heavy atom. The first-order valence-corrected chi connectivity index (χ1v) is 10.5. The van der Waals surface area contributed by atoms with Gasteiger partial charge in [-0.3, -0.25) is 9.59 Å². The number of rotatable bonds is 6. The van der Waals surface area contributed by atoms with E-state index in [9.17, 15) is 18.0 Å². The van der Waals surface area contributed by atoms with Crippen molar-refractivity contribution in [3.05, 3.63) is 28.8 Å². The van der Waals surface area contributed by atoms with Gasteiger partial charge in [-0.1, -0.05) is 25.4 Å². The van der Waals surface area contributed by atoms with Gasteiger partial charge < -0.3 is 10.6 Å². The average Bonchev–Trinajstić information content (AvgIpc) is 2.80. The summed E-state index contributed by atoms with van der Waals surface area (Å²) in [7, 11) is -3.71. The summed E-state index contributed by atoms with van der Waals surface area (Å²) >= 11 is 6.10. The third-order valence-corrected chi connectivity index (χ3v) is 6.74. The lowest BCUT2D eigenvalue weighted by Gasteiger charge is -2.19. The standard InChI is InChI=1S/C17H24ClN3O4S/c1-3-21(4-2)26(24,25)12-8-9-14(18)13(11-12)16(22)20-15-7-5-6-10-19-17(15)23/h8-9,11,15H,3-7,10H2,1-2H3,(H,19,23)(H,20,22). The summed E-state index contributed by atoms with van der Waals surface area (Å²) in [5, 5.41) is 5.53. The number of amides is 2. The maximum Gasteiger partial charge on any atom is 0.253 e. The number of benzene rings is 1. The molecule has 1 fully saturated rings. The molecule has 0 aromatic heterocycles. The van der Waals surface area contributed by atoms with Gasteiger partial charge in [0.05, 0.1) is 15.5 Å². The Morgan fingerprint density at radius 2 is 2.00 bits per heavy atom. The van der Waals surface area contributed by atoms with Gasteiger partial charge in [-0.2, -0.15) is 4.31 Å². The van der Waals surface area contributed by atoms with Crippen LogP contribution in [0, 0.1) is 0 Å². The van der Waals surface area contributed by atoms with Gasteiger partial charge in [0.25, 0.3) is 5.91 Å². The molecule has 1 atom stereocenters. The fourth-order valence-corrected chi connectivity index (χ4v) is 4.55. The van der Waals surface area contributed by atoms with E-state index < -0.39 is 22.0 Å². The number of carbonyl (C=O) groups is 2. The van der Waals surface area contributed by atoms with Crippen LogP contribution in [0.2, 0.25) is 5.02 Å². The van der Waals surface area contributed by atoms with Crippen LogP contribution in [0.3, 0.4) is 0 Å². The van der Waals surface area contributed by atoms with Gasteiger partial charge in [-0.05, 0) is 37.5 Å². The normalized spacial score (nSPS) is 18.3. The van der Waals surface area contributed by atoms with E-state index in [1.165, 1.54) is 22.5 Å². The molecule has 2 rings (SSSR count). The molecule has 1 aliphatic rings. The summed E-state index contributed by atoms with van der Waals surface area (Å²) in [5.74, 6) is -0.799. The van der Waals surface area contributed by atoms with Crippen molar-refractivity contribution in [1.82, 2.24) is 14.9 Å². The lowest BCUT2D eigenvalue weighted by atomic mass is 10.1. The smallest absolute Gasteiger partial charge is 0.253 e. The second-order valence-electron chi connectivity index (χ2n) is 6.04. The van der Waals surface area contributed by atoms with Crippen molar-refractivity contribution in [2.24, 2.45) is 0 Å². The molecule has 0 radical (unpaired) electrons. The topological polar surface area (TPSA) is 95.6 Å². The third-order valence-electron chi connectivity index (χ3n) is 4.37. The number of carbonyl (C=O) groups excluding carboxylic acids is 2. The van der Waals surface area contributed by atoms with Crippen LogP contribution in [0.5, 0.6) is 0 Å². The van der Waals surface area contributed by atoms with Gasteiger partial charge >= 0.3 is 0 Å². The maximum absolute atomic E-state index is 12.7. The van der Waals surface area contributed by atoms with Gasteiger partial charge in [0, 0.05) is 19.6 Å². The lowest BCUT2D eigenvalue weighted by Crippen LogP contribution is -2.45. The second-order valence-corrected chi connectivity index (χ2v) is 8.39. The van der Waals surface area contributed by atoms with E-state index in [2.05, 4.69) is 10.6 Å². The van der Waals surface area contributed by atoms with Gasteiger partial charge in [0.15, 0.2) is 0 Å². The van der Waals surface area contributed by atoms with Crippen molar-refractivity contribution in [3.63, 3.8) is 0 Å². The summed E-state index contributed by atoms with van der Waals surface area (Å²) in [5.41, 5.74) is 0.0388. The molecule has 0 saturated carbocycles. The molecule has 1 unspecified atom stereocenters. The maximum atomic E-state index is 12.7. The van der Waals surface area contributed by atoms with Crippen LogP contribution in [-0.2, 0) is 14.8 Å². The lowest BCUT2D eigenvalue weighted by molar-refractivity contribution is -0.122. The summed E-state index contributed by atoms with van der Waals surface area (Å²) in [4.78, 5) is 24.6. The van der Waals surface area contributed by atoms with Crippen LogP contribution in [-0.4, -0.2) is 50.2 Å². The molecule has 1 aliphatic heterocycles. The molecule has 2 N–H and O–H groups in total. The SMILES string of the molecule is CCN(CC)S(=O)(=O)c1ccc(Cl)c(C(=O)NC2CCCCNC2=O)c1. The molecule has 1 aromatic rings. The Labute approximate surface area is 159 Å². The quantitative estimate of drug-likeness (QED) is 0.759. The fraction of sp³-hybridized carbons (Fsp3) is 0.529. The van der Waals surface area contributed by atoms with E-state index in [0.717, 1.165) is 12.8 Å². The zero-order chi connectivity index (χ0) is 19.3. The summed E-state index contributed by atoms with van der Waals surface area (Å²) < 4.78 is 26.6. The van der Waals surface area contributed by atoms with Crippen LogP contribution in [0.4, 0.5) is 0 Å². The Hall–Kier alpha value is -1.64. The van der Waals surface area contributed by atoms with Gasteiger partial charge in [-0.15, -0.1) is 0 Å². The highest BCUT2D eigenvalue weighted by molar-refractivity contribution is 7.89. The molecule has 2 amide bonds. The van der Waals surface area contributed by atoms with E-state index in [1.807, 2.05) is 0 Å². The molecular weight excluding hydrogens is 378 g/mol. The van der Waals surface area contributed by atoms with Crippen molar-refractivity contribution < 1.29 is 18.0 Å². The molecule has 1 aromatic carbocycles. The van der Waals surface area contributed by atoms with Crippen molar-refractivity contribution in [2.75, 3.05) is 19.6 Å². The van der Waals surface area contributed by atoms with Crippen LogP contribution < -0.4 is 10.6 Å². The zero-order valence-electron chi connectivity index (χ0n) is 14.9. The monoisotopic (exact) mass is 401 g/mol. The molecule has 144 valence electrons. The minimum atomic E-state index is -3.71. The molecular formula is C17H24ClN3O4S.